The van der Waals surface area contributed by atoms with Gasteiger partial charge in [-0.15, -0.1) is 0 Å². The molecule has 68 valence electrons. The van der Waals surface area contributed by atoms with Crippen molar-refractivity contribution in [3.63, 3.8) is 0 Å². The molecule has 0 saturated heterocycles. The highest BCUT2D eigenvalue weighted by molar-refractivity contribution is 6.66. The molecule has 0 aromatic heterocycles. The van der Waals surface area contributed by atoms with E-state index in [-0.39, 0.29) is 6.61 Å². The zero-order valence-electron chi connectivity index (χ0n) is 6.90. The Bertz CT molecular complexity index is 331. The second-order valence-corrected chi connectivity index (χ2v) is 2.91. The molecule has 0 radical (unpaired) electrons. The van der Waals surface area contributed by atoms with Gasteiger partial charge in [0.1, 0.15) is 0 Å². The van der Waals surface area contributed by atoms with Crippen LogP contribution in [0.15, 0.2) is 30.3 Å². The molecule has 0 heterocycles. The number of carbonyl (C=O) groups excluding carboxylic acids is 1. The van der Waals surface area contributed by atoms with E-state index in [2.05, 4.69) is 0 Å². The number of allylic oxidation sites excluding steroid dienone is 1. The predicted octanol–water partition coefficient (Wildman–Crippen LogP) is 1.96. The molecule has 1 rings (SSSR count). The Balaban J connectivity index is 2.83. The van der Waals surface area contributed by atoms with E-state index in [1.807, 2.05) is 12.1 Å². The number of hydrogen-bond acceptors (Lipinski definition) is 2. The van der Waals surface area contributed by atoms with Gasteiger partial charge >= 0.3 is 0 Å². The molecule has 1 N–H and O–H groups in total. The molecule has 0 fully saturated rings. The lowest BCUT2D eigenvalue weighted by Crippen LogP contribution is -1.83. The Kier molecular flexibility index (Phi) is 3.68. The Labute approximate surface area is 81.5 Å². The van der Waals surface area contributed by atoms with Gasteiger partial charge in [-0.05, 0) is 34.9 Å². The predicted molar refractivity (Wildman–Crippen MR) is 52.3 cm³/mol. The smallest absolute Gasteiger partial charge is 0.245 e. The molecule has 1 aromatic rings. The van der Waals surface area contributed by atoms with Crippen LogP contribution in [0.25, 0.3) is 6.08 Å². The lowest BCUT2D eigenvalue weighted by molar-refractivity contribution is -0.107. The van der Waals surface area contributed by atoms with E-state index in [1.165, 1.54) is 6.08 Å². The third-order valence-electron chi connectivity index (χ3n) is 1.54. The molecule has 3 heteroatoms. The lowest BCUT2D eigenvalue weighted by Gasteiger charge is -1.96. The first-order valence-electron chi connectivity index (χ1n) is 3.79. The zero-order chi connectivity index (χ0) is 9.68. The van der Waals surface area contributed by atoms with Crippen molar-refractivity contribution in [2.45, 2.75) is 6.61 Å². The SMILES string of the molecule is O=C(Cl)C=Cc1cccc(CO)c1. The number of rotatable bonds is 3. The van der Waals surface area contributed by atoms with E-state index >= 15 is 0 Å². The van der Waals surface area contributed by atoms with Crippen molar-refractivity contribution in [2.24, 2.45) is 0 Å². The summed E-state index contributed by atoms with van der Waals surface area (Å²) < 4.78 is 0. The van der Waals surface area contributed by atoms with Crippen LogP contribution in [0.2, 0.25) is 0 Å². The van der Waals surface area contributed by atoms with E-state index in [9.17, 15) is 4.79 Å². The zero-order valence-corrected chi connectivity index (χ0v) is 7.66. The first-order chi connectivity index (χ1) is 6.22. The quantitative estimate of drug-likeness (QED) is 0.593. The van der Waals surface area contributed by atoms with Crippen LogP contribution in [0.3, 0.4) is 0 Å². The monoisotopic (exact) mass is 196 g/mol. The summed E-state index contributed by atoms with van der Waals surface area (Å²) in [5.74, 6) is 0. The van der Waals surface area contributed by atoms with Crippen LogP contribution >= 0.6 is 11.6 Å². The summed E-state index contributed by atoms with van der Waals surface area (Å²) in [5, 5.41) is 8.32. The van der Waals surface area contributed by atoms with E-state index in [1.54, 1.807) is 18.2 Å². The lowest BCUT2D eigenvalue weighted by atomic mass is 10.1. The maximum absolute atomic E-state index is 10.4. The molecule has 0 saturated carbocycles. The van der Waals surface area contributed by atoms with E-state index in [0.29, 0.717) is 0 Å². The first kappa shape index (κ1) is 9.96. The highest BCUT2D eigenvalue weighted by Crippen LogP contribution is 2.07. The molecule has 1 aromatic carbocycles. The summed E-state index contributed by atoms with van der Waals surface area (Å²) in [7, 11) is 0. The molecule has 13 heavy (non-hydrogen) atoms. The number of halogens is 1. The number of carbonyl (C=O) groups is 1. The van der Waals surface area contributed by atoms with Crippen molar-refractivity contribution >= 4 is 22.9 Å². The Morgan fingerprint density at radius 3 is 2.92 bits per heavy atom. The van der Waals surface area contributed by atoms with E-state index in [4.69, 9.17) is 16.7 Å². The van der Waals surface area contributed by atoms with Gasteiger partial charge in [0.25, 0.3) is 0 Å². The standard InChI is InChI=1S/C10H9ClO2/c11-10(13)5-4-8-2-1-3-9(6-8)7-12/h1-6,12H,7H2. The van der Waals surface area contributed by atoms with Gasteiger partial charge in [0.15, 0.2) is 0 Å². The normalized spacial score (nSPS) is 10.6. The second kappa shape index (κ2) is 4.80. The van der Waals surface area contributed by atoms with Gasteiger partial charge in [0, 0.05) is 0 Å². The van der Waals surface area contributed by atoms with Crippen LogP contribution < -0.4 is 0 Å². The Hall–Kier alpha value is -1.12. The summed E-state index contributed by atoms with van der Waals surface area (Å²) in [6.45, 7) is -0.00347. The summed E-state index contributed by atoms with van der Waals surface area (Å²) in [4.78, 5) is 10.4. The second-order valence-electron chi connectivity index (χ2n) is 2.54. The fraction of sp³-hybridized carbons (Fsp3) is 0.100. The summed E-state index contributed by atoms with van der Waals surface area (Å²) in [6.07, 6.45) is 2.88. The summed E-state index contributed by atoms with van der Waals surface area (Å²) in [6, 6.07) is 7.23. The molecular weight excluding hydrogens is 188 g/mol. The minimum atomic E-state index is -0.505. The van der Waals surface area contributed by atoms with Crippen LogP contribution in [0.5, 0.6) is 0 Å². The van der Waals surface area contributed by atoms with E-state index < -0.39 is 5.24 Å². The van der Waals surface area contributed by atoms with Gasteiger partial charge in [-0.3, -0.25) is 4.79 Å². The van der Waals surface area contributed by atoms with Crippen molar-refractivity contribution in [1.82, 2.24) is 0 Å². The molecule has 0 spiro atoms. The molecule has 0 bridgehead atoms. The van der Waals surface area contributed by atoms with Crippen LogP contribution in [0.1, 0.15) is 11.1 Å². The largest absolute Gasteiger partial charge is 0.392 e. The maximum Gasteiger partial charge on any atom is 0.245 e. The molecule has 0 aliphatic rings. The summed E-state index contributed by atoms with van der Waals surface area (Å²) in [5.41, 5.74) is 1.66. The molecule has 0 aliphatic carbocycles. The van der Waals surface area contributed by atoms with Crippen LogP contribution in [0.4, 0.5) is 0 Å². The molecule has 0 atom stereocenters. The highest BCUT2D eigenvalue weighted by Gasteiger charge is 1.91. The third-order valence-corrected chi connectivity index (χ3v) is 1.67. The first-order valence-corrected chi connectivity index (χ1v) is 4.17. The molecule has 0 unspecified atom stereocenters. The Morgan fingerprint density at radius 1 is 1.54 bits per heavy atom. The number of benzene rings is 1. The van der Waals surface area contributed by atoms with Gasteiger partial charge in [-0.2, -0.15) is 0 Å². The average Bonchev–Trinajstić information content (AvgIpc) is 2.15. The topological polar surface area (TPSA) is 37.3 Å². The molecule has 0 aliphatic heterocycles. The number of hydrogen-bond donors (Lipinski definition) is 1. The van der Waals surface area contributed by atoms with Crippen LogP contribution in [-0.2, 0) is 11.4 Å². The van der Waals surface area contributed by atoms with Crippen LogP contribution in [-0.4, -0.2) is 10.3 Å². The van der Waals surface area contributed by atoms with Gasteiger partial charge in [0.2, 0.25) is 5.24 Å². The van der Waals surface area contributed by atoms with Gasteiger partial charge in [-0.25, -0.2) is 0 Å². The van der Waals surface area contributed by atoms with Crippen molar-refractivity contribution < 1.29 is 9.90 Å². The fourth-order valence-corrected chi connectivity index (χ4v) is 1.02. The van der Waals surface area contributed by atoms with Crippen molar-refractivity contribution in [3.8, 4) is 0 Å². The van der Waals surface area contributed by atoms with Crippen molar-refractivity contribution in [1.29, 1.82) is 0 Å². The number of aliphatic hydroxyl groups excluding tert-OH is 1. The third kappa shape index (κ3) is 3.40. The summed E-state index contributed by atoms with van der Waals surface area (Å²) >= 11 is 5.13. The fourth-order valence-electron chi connectivity index (χ4n) is 0.957. The van der Waals surface area contributed by atoms with Gasteiger partial charge < -0.3 is 5.11 Å². The minimum absolute atomic E-state index is 0.00347. The van der Waals surface area contributed by atoms with Gasteiger partial charge in [0.05, 0.1) is 6.61 Å². The highest BCUT2D eigenvalue weighted by atomic mass is 35.5. The van der Waals surface area contributed by atoms with E-state index in [0.717, 1.165) is 11.1 Å². The van der Waals surface area contributed by atoms with Crippen molar-refractivity contribution in [3.05, 3.63) is 41.5 Å². The number of aliphatic hydroxyl groups is 1. The van der Waals surface area contributed by atoms with Crippen molar-refractivity contribution in [2.75, 3.05) is 0 Å². The molecule has 0 amide bonds. The molecular formula is C10H9ClO2. The Morgan fingerprint density at radius 2 is 2.31 bits per heavy atom. The molecule has 2 nitrogen and oxygen atoms in total. The maximum atomic E-state index is 10.4. The average molecular weight is 197 g/mol. The van der Waals surface area contributed by atoms with Gasteiger partial charge in [-0.1, -0.05) is 24.3 Å². The van der Waals surface area contributed by atoms with Crippen LogP contribution in [0, 0.1) is 0 Å². The minimum Gasteiger partial charge on any atom is -0.392 e.